The summed E-state index contributed by atoms with van der Waals surface area (Å²) in [4.78, 5) is 25.8. The second-order valence-corrected chi connectivity index (χ2v) is 7.10. The highest BCUT2D eigenvalue weighted by Gasteiger charge is 2.34. The standard InChI is InChI=1S/C17H13IN2O2S/c1-2-9-20-16(21)15(23-17(20)22)11-14-4-3-10-19(14)13-7-5-12(18)6-8-13/h2-8,10-11H,1,9H2/b15-11+. The fraction of sp³-hybridized carbons (Fsp3) is 0.0588. The Bertz CT molecular complexity index is 808. The van der Waals surface area contributed by atoms with Crippen molar-refractivity contribution in [3.63, 3.8) is 0 Å². The van der Waals surface area contributed by atoms with E-state index in [1.54, 1.807) is 12.2 Å². The maximum Gasteiger partial charge on any atom is 0.293 e. The molecule has 116 valence electrons. The van der Waals surface area contributed by atoms with E-state index in [0.29, 0.717) is 4.91 Å². The molecule has 2 heterocycles. The number of thioether (sulfide) groups is 1. The van der Waals surface area contributed by atoms with Crippen LogP contribution in [0.3, 0.4) is 0 Å². The number of nitrogens with zero attached hydrogens (tertiary/aromatic N) is 2. The van der Waals surface area contributed by atoms with Gasteiger partial charge in [0.2, 0.25) is 0 Å². The molecule has 2 aromatic rings. The van der Waals surface area contributed by atoms with Crippen molar-refractivity contribution >= 4 is 51.6 Å². The molecule has 0 unspecified atom stereocenters. The number of hydrogen-bond acceptors (Lipinski definition) is 3. The van der Waals surface area contributed by atoms with Crippen molar-refractivity contribution in [2.75, 3.05) is 6.54 Å². The zero-order valence-corrected chi connectivity index (χ0v) is 15.1. The van der Waals surface area contributed by atoms with Crippen LogP contribution in [0.4, 0.5) is 4.79 Å². The predicted octanol–water partition coefficient (Wildman–Crippen LogP) is 4.30. The van der Waals surface area contributed by atoms with Gasteiger partial charge >= 0.3 is 0 Å². The van der Waals surface area contributed by atoms with Gasteiger partial charge in [0.1, 0.15) is 0 Å². The highest BCUT2D eigenvalue weighted by molar-refractivity contribution is 14.1. The lowest BCUT2D eigenvalue weighted by atomic mass is 10.3. The number of benzene rings is 1. The summed E-state index contributed by atoms with van der Waals surface area (Å²) in [6.07, 6.45) is 5.24. The Morgan fingerprint density at radius 1 is 1.17 bits per heavy atom. The van der Waals surface area contributed by atoms with Crippen LogP contribution in [0.5, 0.6) is 0 Å². The number of halogens is 1. The molecule has 1 fully saturated rings. The molecule has 23 heavy (non-hydrogen) atoms. The third-order valence-electron chi connectivity index (χ3n) is 3.35. The number of carbonyl (C=O) groups excluding carboxylic acids is 2. The van der Waals surface area contributed by atoms with Gasteiger partial charge < -0.3 is 4.57 Å². The summed E-state index contributed by atoms with van der Waals surface area (Å²) in [6.45, 7) is 3.81. The Morgan fingerprint density at radius 2 is 1.91 bits per heavy atom. The topological polar surface area (TPSA) is 42.3 Å². The van der Waals surface area contributed by atoms with Crippen LogP contribution in [0, 0.1) is 3.57 Å². The first-order valence-corrected chi connectivity index (χ1v) is 8.79. The summed E-state index contributed by atoms with van der Waals surface area (Å²) in [6, 6.07) is 11.9. The molecule has 1 saturated heterocycles. The number of aromatic nitrogens is 1. The van der Waals surface area contributed by atoms with Crippen molar-refractivity contribution < 1.29 is 9.59 Å². The largest absolute Gasteiger partial charge is 0.317 e. The summed E-state index contributed by atoms with van der Waals surface area (Å²) in [5.41, 5.74) is 1.86. The smallest absolute Gasteiger partial charge is 0.293 e. The van der Waals surface area contributed by atoms with E-state index in [0.717, 1.165) is 26.7 Å². The molecule has 1 aromatic carbocycles. The van der Waals surface area contributed by atoms with E-state index < -0.39 is 0 Å². The molecular formula is C17H13IN2O2S. The molecular weight excluding hydrogens is 423 g/mol. The zero-order chi connectivity index (χ0) is 16.4. The lowest BCUT2D eigenvalue weighted by molar-refractivity contribution is -0.122. The number of hydrogen-bond donors (Lipinski definition) is 0. The van der Waals surface area contributed by atoms with E-state index in [2.05, 4.69) is 29.2 Å². The van der Waals surface area contributed by atoms with Crippen molar-refractivity contribution in [2.45, 2.75) is 0 Å². The first-order chi connectivity index (χ1) is 11.1. The van der Waals surface area contributed by atoms with Gasteiger partial charge in [0.25, 0.3) is 11.1 Å². The molecule has 0 bridgehead atoms. The number of amides is 2. The third-order valence-corrected chi connectivity index (χ3v) is 4.98. The molecule has 4 nitrogen and oxygen atoms in total. The Labute approximate surface area is 152 Å². The van der Waals surface area contributed by atoms with Crippen molar-refractivity contribution in [3.8, 4) is 5.69 Å². The Balaban J connectivity index is 1.94. The summed E-state index contributed by atoms with van der Waals surface area (Å²) in [5, 5.41) is -0.256. The van der Waals surface area contributed by atoms with Gasteiger partial charge in [-0.15, -0.1) is 6.58 Å². The Hall–Kier alpha value is -1.80. The molecule has 0 N–H and O–H groups in total. The van der Waals surface area contributed by atoms with E-state index in [4.69, 9.17) is 0 Å². The molecule has 6 heteroatoms. The van der Waals surface area contributed by atoms with Gasteiger partial charge in [0, 0.05) is 27.7 Å². The van der Waals surface area contributed by atoms with E-state index >= 15 is 0 Å². The molecule has 1 aliphatic rings. The summed E-state index contributed by atoms with van der Waals surface area (Å²) in [7, 11) is 0. The first kappa shape index (κ1) is 16.1. The quantitative estimate of drug-likeness (QED) is 0.408. The molecule has 2 amide bonds. The van der Waals surface area contributed by atoms with Crippen LogP contribution in [0.2, 0.25) is 0 Å². The molecule has 3 rings (SSSR count). The molecule has 0 radical (unpaired) electrons. The molecule has 0 saturated carbocycles. The van der Waals surface area contributed by atoms with Crippen LogP contribution in [-0.4, -0.2) is 27.2 Å². The van der Waals surface area contributed by atoms with Gasteiger partial charge in [-0.05, 0) is 76.8 Å². The first-order valence-electron chi connectivity index (χ1n) is 6.89. The van der Waals surface area contributed by atoms with E-state index in [1.165, 1.54) is 4.90 Å². The second-order valence-electron chi connectivity index (χ2n) is 4.86. The van der Waals surface area contributed by atoms with Gasteiger partial charge in [0.05, 0.1) is 4.91 Å². The van der Waals surface area contributed by atoms with Crippen molar-refractivity contribution in [2.24, 2.45) is 0 Å². The average molecular weight is 436 g/mol. The lowest BCUT2D eigenvalue weighted by Gasteiger charge is -2.08. The van der Waals surface area contributed by atoms with Gasteiger partial charge in [-0.2, -0.15) is 0 Å². The molecule has 0 spiro atoms. The minimum atomic E-state index is -0.268. The van der Waals surface area contributed by atoms with Gasteiger partial charge in [-0.1, -0.05) is 6.08 Å². The SMILES string of the molecule is C=CCN1C(=O)S/C(=C/c2cccn2-c2ccc(I)cc2)C1=O. The molecule has 0 atom stereocenters. The zero-order valence-electron chi connectivity index (χ0n) is 12.1. The number of carbonyl (C=O) groups is 2. The summed E-state index contributed by atoms with van der Waals surface area (Å²) in [5.74, 6) is -0.268. The maximum atomic E-state index is 12.3. The molecule has 0 aliphatic carbocycles. The number of rotatable bonds is 4. The van der Waals surface area contributed by atoms with Gasteiger partial charge in [0.15, 0.2) is 0 Å². The third kappa shape index (κ3) is 3.28. The Morgan fingerprint density at radius 3 is 2.61 bits per heavy atom. The van der Waals surface area contributed by atoms with E-state index in [9.17, 15) is 9.59 Å². The summed E-state index contributed by atoms with van der Waals surface area (Å²) < 4.78 is 3.14. The highest BCUT2D eigenvalue weighted by Crippen LogP contribution is 2.32. The minimum absolute atomic E-state index is 0.236. The van der Waals surface area contributed by atoms with E-state index in [-0.39, 0.29) is 17.7 Å². The van der Waals surface area contributed by atoms with Crippen LogP contribution in [0.25, 0.3) is 11.8 Å². The van der Waals surface area contributed by atoms with Gasteiger partial charge in [-0.3, -0.25) is 14.5 Å². The fourth-order valence-electron chi connectivity index (χ4n) is 2.27. The monoisotopic (exact) mass is 436 g/mol. The maximum absolute atomic E-state index is 12.3. The minimum Gasteiger partial charge on any atom is -0.317 e. The Kier molecular flexibility index (Phi) is 4.72. The van der Waals surface area contributed by atoms with Gasteiger partial charge in [-0.25, -0.2) is 0 Å². The predicted molar refractivity (Wildman–Crippen MR) is 101 cm³/mol. The van der Waals surface area contributed by atoms with Crippen molar-refractivity contribution in [3.05, 3.63) is 69.4 Å². The normalized spacial score (nSPS) is 16.4. The highest BCUT2D eigenvalue weighted by atomic mass is 127. The fourth-order valence-corrected chi connectivity index (χ4v) is 3.46. The summed E-state index contributed by atoms with van der Waals surface area (Å²) >= 11 is 3.22. The van der Waals surface area contributed by atoms with Crippen LogP contribution >= 0.6 is 34.4 Å². The van der Waals surface area contributed by atoms with Crippen LogP contribution in [-0.2, 0) is 4.79 Å². The van der Waals surface area contributed by atoms with Crippen LogP contribution in [0.1, 0.15) is 5.69 Å². The number of imide groups is 1. The average Bonchev–Trinajstić information content (AvgIpc) is 3.09. The van der Waals surface area contributed by atoms with Crippen LogP contribution < -0.4 is 0 Å². The molecule has 1 aliphatic heterocycles. The lowest BCUT2D eigenvalue weighted by Crippen LogP contribution is -2.27. The van der Waals surface area contributed by atoms with Crippen molar-refractivity contribution in [1.29, 1.82) is 0 Å². The second kappa shape index (κ2) is 6.76. The van der Waals surface area contributed by atoms with Crippen LogP contribution in [0.15, 0.2) is 60.2 Å². The molecule has 1 aromatic heterocycles. The van der Waals surface area contributed by atoms with E-state index in [1.807, 2.05) is 47.2 Å². The van der Waals surface area contributed by atoms with Crippen molar-refractivity contribution in [1.82, 2.24) is 9.47 Å².